The number of benzene rings is 2. The maximum atomic E-state index is 12.8. The van der Waals surface area contributed by atoms with E-state index >= 15 is 0 Å². The Morgan fingerprint density at radius 1 is 1.08 bits per heavy atom. The van der Waals surface area contributed by atoms with Crippen molar-refractivity contribution in [1.29, 1.82) is 0 Å². The zero-order valence-corrected chi connectivity index (χ0v) is 15.5. The molecule has 0 spiro atoms. The molecular weight excluding hydrogens is 336 g/mol. The SMILES string of the molecule is CC(=O)N1CCc2ccc(S(=O)(=O)Nc3c(C)cccc3C)cc2C1. The van der Waals surface area contributed by atoms with Crippen molar-refractivity contribution in [3.05, 3.63) is 58.7 Å². The van der Waals surface area contributed by atoms with Crippen LogP contribution in [0.1, 0.15) is 29.2 Å². The van der Waals surface area contributed by atoms with Crippen LogP contribution in [0.3, 0.4) is 0 Å². The van der Waals surface area contributed by atoms with E-state index in [9.17, 15) is 13.2 Å². The highest BCUT2D eigenvalue weighted by Crippen LogP contribution is 2.26. The molecule has 1 amide bonds. The molecule has 5 nitrogen and oxygen atoms in total. The first kappa shape index (κ1) is 17.5. The van der Waals surface area contributed by atoms with Crippen LogP contribution in [0.25, 0.3) is 0 Å². The standard InChI is InChI=1S/C19H22N2O3S/c1-13-5-4-6-14(2)19(13)20-25(23,24)18-8-7-16-9-10-21(15(3)22)12-17(16)11-18/h4-8,11,20H,9-10,12H2,1-3H3. The van der Waals surface area contributed by atoms with Crippen LogP contribution in [0.15, 0.2) is 41.3 Å². The Kier molecular flexibility index (Phi) is 4.56. The molecule has 0 unspecified atom stereocenters. The molecule has 1 heterocycles. The van der Waals surface area contributed by atoms with Crippen LogP contribution in [0.5, 0.6) is 0 Å². The molecule has 6 heteroatoms. The van der Waals surface area contributed by atoms with Crippen molar-refractivity contribution in [3.8, 4) is 0 Å². The number of hydrogen-bond donors (Lipinski definition) is 1. The Labute approximate surface area is 148 Å². The number of para-hydroxylation sites is 1. The van der Waals surface area contributed by atoms with E-state index in [0.29, 0.717) is 18.8 Å². The molecule has 2 aromatic carbocycles. The van der Waals surface area contributed by atoms with Gasteiger partial charge in [-0.05, 0) is 54.7 Å². The largest absolute Gasteiger partial charge is 0.338 e. The molecule has 0 saturated heterocycles. The summed E-state index contributed by atoms with van der Waals surface area (Å²) in [5.41, 5.74) is 4.37. The van der Waals surface area contributed by atoms with Gasteiger partial charge in [-0.2, -0.15) is 0 Å². The van der Waals surface area contributed by atoms with Crippen molar-refractivity contribution < 1.29 is 13.2 Å². The minimum Gasteiger partial charge on any atom is -0.338 e. The van der Waals surface area contributed by atoms with Crippen LogP contribution in [0, 0.1) is 13.8 Å². The molecule has 2 aromatic rings. The van der Waals surface area contributed by atoms with Crippen LogP contribution in [-0.2, 0) is 27.8 Å². The van der Waals surface area contributed by atoms with Crippen LogP contribution >= 0.6 is 0 Å². The number of sulfonamides is 1. The van der Waals surface area contributed by atoms with Crippen LogP contribution in [0.2, 0.25) is 0 Å². The molecule has 0 fully saturated rings. The van der Waals surface area contributed by atoms with Crippen molar-refractivity contribution in [2.75, 3.05) is 11.3 Å². The molecule has 1 aliphatic rings. The van der Waals surface area contributed by atoms with Crippen LogP contribution in [-0.4, -0.2) is 25.8 Å². The molecule has 0 aromatic heterocycles. The summed E-state index contributed by atoms with van der Waals surface area (Å²) in [5.74, 6) is 0.00701. The van der Waals surface area contributed by atoms with Gasteiger partial charge in [0.15, 0.2) is 0 Å². The quantitative estimate of drug-likeness (QED) is 0.917. The number of rotatable bonds is 3. The fourth-order valence-electron chi connectivity index (χ4n) is 3.14. The van der Waals surface area contributed by atoms with E-state index in [4.69, 9.17) is 0 Å². The molecule has 3 rings (SSSR count). The summed E-state index contributed by atoms with van der Waals surface area (Å²) < 4.78 is 28.3. The second-order valence-electron chi connectivity index (χ2n) is 6.49. The summed E-state index contributed by atoms with van der Waals surface area (Å²) in [7, 11) is -3.68. The van der Waals surface area contributed by atoms with Gasteiger partial charge in [-0.25, -0.2) is 8.42 Å². The normalized spacial score (nSPS) is 14.1. The van der Waals surface area contributed by atoms with E-state index in [2.05, 4.69) is 4.72 Å². The topological polar surface area (TPSA) is 66.5 Å². The number of nitrogens with zero attached hydrogens (tertiary/aromatic N) is 1. The molecule has 25 heavy (non-hydrogen) atoms. The third-order valence-corrected chi connectivity index (χ3v) is 6.01. The highest BCUT2D eigenvalue weighted by Gasteiger charge is 2.22. The smallest absolute Gasteiger partial charge is 0.261 e. The monoisotopic (exact) mass is 358 g/mol. The highest BCUT2D eigenvalue weighted by molar-refractivity contribution is 7.92. The molecule has 1 N–H and O–H groups in total. The minimum atomic E-state index is -3.68. The molecule has 132 valence electrons. The lowest BCUT2D eigenvalue weighted by molar-refractivity contribution is -0.129. The number of carbonyl (C=O) groups is 1. The first-order chi connectivity index (χ1) is 11.8. The molecule has 1 aliphatic heterocycles. The zero-order valence-electron chi connectivity index (χ0n) is 14.7. The van der Waals surface area contributed by atoms with Gasteiger partial charge in [0.25, 0.3) is 10.0 Å². The molecule has 0 bridgehead atoms. The van der Waals surface area contributed by atoms with Crippen molar-refractivity contribution in [1.82, 2.24) is 4.90 Å². The highest BCUT2D eigenvalue weighted by atomic mass is 32.2. The zero-order chi connectivity index (χ0) is 18.2. The average molecular weight is 358 g/mol. The van der Waals surface area contributed by atoms with Gasteiger partial charge in [0.1, 0.15) is 0 Å². The molecule has 0 radical (unpaired) electrons. The second-order valence-corrected chi connectivity index (χ2v) is 8.18. The van der Waals surface area contributed by atoms with Gasteiger partial charge in [0, 0.05) is 20.0 Å². The molecule has 0 aliphatic carbocycles. The van der Waals surface area contributed by atoms with E-state index < -0.39 is 10.0 Å². The lowest BCUT2D eigenvalue weighted by Gasteiger charge is -2.28. The van der Waals surface area contributed by atoms with Crippen molar-refractivity contribution in [2.24, 2.45) is 0 Å². The summed E-state index contributed by atoms with van der Waals surface area (Å²) in [6.45, 7) is 6.42. The Bertz CT molecular complexity index is 915. The van der Waals surface area contributed by atoms with E-state index in [0.717, 1.165) is 28.7 Å². The average Bonchev–Trinajstić information content (AvgIpc) is 2.57. The Hall–Kier alpha value is -2.34. The number of hydrogen-bond acceptors (Lipinski definition) is 3. The maximum Gasteiger partial charge on any atom is 0.261 e. The number of fused-ring (bicyclic) bond motifs is 1. The lowest BCUT2D eigenvalue weighted by atomic mass is 10.00. The lowest BCUT2D eigenvalue weighted by Crippen LogP contribution is -2.34. The fraction of sp³-hybridized carbons (Fsp3) is 0.316. The number of aryl methyl sites for hydroxylation is 2. The first-order valence-electron chi connectivity index (χ1n) is 8.24. The van der Waals surface area contributed by atoms with E-state index in [1.165, 1.54) is 6.92 Å². The van der Waals surface area contributed by atoms with Gasteiger partial charge in [-0.3, -0.25) is 9.52 Å². The second kappa shape index (κ2) is 6.52. The molecule has 0 atom stereocenters. The summed E-state index contributed by atoms with van der Waals surface area (Å²) in [6.07, 6.45) is 0.750. The van der Waals surface area contributed by atoms with Crippen molar-refractivity contribution >= 4 is 21.6 Å². The van der Waals surface area contributed by atoms with Gasteiger partial charge in [0.2, 0.25) is 5.91 Å². The van der Waals surface area contributed by atoms with Crippen molar-refractivity contribution in [3.63, 3.8) is 0 Å². The minimum absolute atomic E-state index is 0.00701. The van der Waals surface area contributed by atoms with Gasteiger partial charge < -0.3 is 4.90 Å². The van der Waals surface area contributed by atoms with E-state index in [1.54, 1.807) is 17.0 Å². The first-order valence-corrected chi connectivity index (χ1v) is 9.72. The third-order valence-electron chi connectivity index (χ3n) is 4.66. The number of carbonyl (C=O) groups excluding carboxylic acids is 1. The van der Waals surface area contributed by atoms with Gasteiger partial charge in [-0.15, -0.1) is 0 Å². The summed E-state index contributed by atoms with van der Waals surface area (Å²) in [5, 5.41) is 0. The van der Waals surface area contributed by atoms with Gasteiger partial charge >= 0.3 is 0 Å². The Morgan fingerprint density at radius 3 is 2.40 bits per heavy atom. The fourth-order valence-corrected chi connectivity index (χ4v) is 4.39. The number of amides is 1. The predicted octanol–water partition coefficient (Wildman–Crippen LogP) is 3.01. The van der Waals surface area contributed by atoms with Crippen LogP contribution in [0.4, 0.5) is 5.69 Å². The van der Waals surface area contributed by atoms with Gasteiger partial charge in [0.05, 0.1) is 10.6 Å². The molecular formula is C19H22N2O3S. The van der Waals surface area contributed by atoms with Crippen molar-refractivity contribution in [2.45, 2.75) is 38.6 Å². The maximum absolute atomic E-state index is 12.8. The molecule has 0 saturated carbocycles. The van der Waals surface area contributed by atoms with E-state index in [1.807, 2.05) is 38.1 Å². The number of nitrogens with one attached hydrogen (secondary N) is 1. The number of anilines is 1. The Morgan fingerprint density at radius 2 is 1.76 bits per heavy atom. The summed E-state index contributed by atoms with van der Waals surface area (Å²) >= 11 is 0. The van der Waals surface area contributed by atoms with E-state index in [-0.39, 0.29) is 10.8 Å². The van der Waals surface area contributed by atoms with Crippen LogP contribution < -0.4 is 4.72 Å². The third kappa shape index (κ3) is 3.54. The summed E-state index contributed by atoms with van der Waals surface area (Å²) in [4.78, 5) is 13.6. The Balaban J connectivity index is 1.94. The van der Waals surface area contributed by atoms with Gasteiger partial charge in [-0.1, -0.05) is 24.3 Å². The summed E-state index contributed by atoms with van der Waals surface area (Å²) in [6, 6.07) is 10.8. The predicted molar refractivity (Wildman–Crippen MR) is 98.0 cm³/mol.